The van der Waals surface area contributed by atoms with E-state index in [1.807, 2.05) is 0 Å². The number of amides is 1. The number of ether oxygens (including phenoxy) is 1. The largest absolute Gasteiger partial charge is 0.434 e. The second kappa shape index (κ2) is 7.51. The minimum atomic E-state index is -3.12. The fourth-order valence-corrected chi connectivity index (χ4v) is 2.23. The Bertz CT molecular complexity index is 502. The molecule has 1 unspecified atom stereocenters. The number of nitrogens with zero attached hydrogens (tertiary/aromatic N) is 1. The van der Waals surface area contributed by atoms with Crippen molar-refractivity contribution in [2.24, 2.45) is 5.73 Å². The molecule has 2 rings (SSSR count). The zero-order chi connectivity index (χ0) is 14.7. The number of alkyl halides is 2. The second-order valence-electron chi connectivity index (χ2n) is 4.67. The maximum atomic E-state index is 13.1. The van der Waals surface area contributed by atoms with Crippen molar-refractivity contribution >= 4 is 18.3 Å². The third-order valence-corrected chi connectivity index (χ3v) is 3.14. The third-order valence-electron chi connectivity index (χ3n) is 3.14. The first-order valence-electron chi connectivity index (χ1n) is 6.26. The van der Waals surface area contributed by atoms with Crippen molar-refractivity contribution in [2.45, 2.75) is 25.5 Å². The highest BCUT2D eigenvalue weighted by molar-refractivity contribution is 5.97. The normalized spacial score (nSPS) is 18.3. The highest BCUT2D eigenvalue weighted by Crippen LogP contribution is 2.24. The standard InChI is InChI=1S/C13H15F3N2O2.ClH/c14-8-3-4-10(11(6-8)20-13(15)16)12(19)18-5-1-2-9(17)7-18;/h3-4,6,9,13H,1-2,5,7,17H2;1H. The number of carbonyl (C=O) groups excluding carboxylic acids is 1. The van der Waals surface area contributed by atoms with Crippen LogP contribution in [0.1, 0.15) is 23.2 Å². The Morgan fingerprint density at radius 1 is 1.43 bits per heavy atom. The molecule has 118 valence electrons. The molecule has 1 heterocycles. The van der Waals surface area contributed by atoms with Crippen LogP contribution in [0.25, 0.3) is 0 Å². The van der Waals surface area contributed by atoms with Crippen LogP contribution in [0.15, 0.2) is 18.2 Å². The van der Waals surface area contributed by atoms with Gasteiger partial charge in [-0.25, -0.2) is 4.39 Å². The molecule has 4 nitrogen and oxygen atoms in total. The summed E-state index contributed by atoms with van der Waals surface area (Å²) in [7, 11) is 0. The molecule has 2 N–H and O–H groups in total. The minimum absolute atomic E-state index is 0. The van der Waals surface area contributed by atoms with E-state index in [-0.39, 0.29) is 24.0 Å². The molecule has 0 radical (unpaired) electrons. The molecule has 1 aliphatic heterocycles. The lowest BCUT2D eigenvalue weighted by Crippen LogP contribution is -2.45. The van der Waals surface area contributed by atoms with Crippen LogP contribution in [0.2, 0.25) is 0 Å². The van der Waals surface area contributed by atoms with E-state index in [0.29, 0.717) is 13.1 Å². The van der Waals surface area contributed by atoms with Gasteiger partial charge in [-0.05, 0) is 25.0 Å². The Kier molecular flexibility index (Phi) is 6.29. The van der Waals surface area contributed by atoms with Gasteiger partial charge in [-0.3, -0.25) is 4.79 Å². The number of rotatable bonds is 3. The molecule has 0 aromatic heterocycles. The number of nitrogens with two attached hydrogens (primary N) is 1. The lowest BCUT2D eigenvalue weighted by Gasteiger charge is -2.31. The predicted octanol–water partition coefficient (Wildman–Crippen LogP) is 2.41. The van der Waals surface area contributed by atoms with Crippen molar-refractivity contribution in [3.8, 4) is 5.75 Å². The monoisotopic (exact) mass is 324 g/mol. The molecule has 21 heavy (non-hydrogen) atoms. The first-order valence-corrected chi connectivity index (χ1v) is 6.26. The summed E-state index contributed by atoms with van der Waals surface area (Å²) in [5.74, 6) is -1.67. The van der Waals surface area contributed by atoms with Crippen LogP contribution in [0.4, 0.5) is 13.2 Å². The maximum Gasteiger partial charge on any atom is 0.387 e. The molecule has 0 spiro atoms. The minimum Gasteiger partial charge on any atom is -0.434 e. The average Bonchev–Trinajstić information content (AvgIpc) is 2.37. The van der Waals surface area contributed by atoms with Gasteiger partial charge in [-0.15, -0.1) is 12.4 Å². The number of hydrogen-bond acceptors (Lipinski definition) is 3. The van der Waals surface area contributed by atoms with E-state index >= 15 is 0 Å². The molecular weight excluding hydrogens is 309 g/mol. The zero-order valence-electron chi connectivity index (χ0n) is 11.1. The van der Waals surface area contributed by atoms with Gasteiger partial charge < -0.3 is 15.4 Å². The van der Waals surface area contributed by atoms with Crippen molar-refractivity contribution in [3.05, 3.63) is 29.6 Å². The molecule has 1 aromatic rings. The Morgan fingerprint density at radius 2 is 2.14 bits per heavy atom. The van der Waals surface area contributed by atoms with Gasteiger partial charge in [-0.1, -0.05) is 0 Å². The van der Waals surface area contributed by atoms with Crippen LogP contribution in [0.5, 0.6) is 5.75 Å². The van der Waals surface area contributed by atoms with Crippen LogP contribution in [-0.4, -0.2) is 36.5 Å². The SMILES string of the molecule is Cl.NC1CCCN(C(=O)c2ccc(F)cc2OC(F)F)C1. The first kappa shape index (κ1) is 17.6. The number of carbonyl (C=O) groups is 1. The summed E-state index contributed by atoms with van der Waals surface area (Å²) < 4.78 is 41.9. The molecule has 1 atom stereocenters. The molecule has 8 heteroatoms. The molecule has 0 aliphatic carbocycles. The summed E-state index contributed by atoms with van der Waals surface area (Å²) >= 11 is 0. The van der Waals surface area contributed by atoms with Gasteiger partial charge in [0.15, 0.2) is 0 Å². The zero-order valence-corrected chi connectivity index (χ0v) is 11.9. The first-order chi connectivity index (χ1) is 9.47. The summed E-state index contributed by atoms with van der Waals surface area (Å²) in [5.41, 5.74) is 5.70. The van der Waals surface area contributed by atoms with E-state index in [2.05, 4.69) is 4.74 Å². The molecule has 1 amide bonds. The summed E-state index contributed by atoms with van der Waals surface area (Å²) in [4.78, 5) is 13.8. The Balaban J connectivity index is 0.00000220. The molecule has 0 bridgehead atoms. The molecule has 0 saturated carbocycles. The van der Waals surface area contributed by atoms with E-state index in [1.165, 1.54) is 4.90 Å². The van der Waals surface area contributed by atoms with Gasteiger partial charge in [0.1, 0.15) is 11.6 Å². The van der Waals surface area contributed by atoms with Crippen molar-refractivity contribution in [1.29, 1.82) is 0 Å². The predicted molar refractivity (Wildman–Crippen MR) is 73.4 cm³/mol. The van der Waals surface area contributed by atoms with Crippen LogP contribution in [0.3, 0.4) is 0 Å². The van der Waals surface area contributed by atoms with Crippen LogP contribution in [-0.2, 0) is 0 Å². The van der Waals surface area contributed by atoms with Gasteiger partial charge in [-0.2, -0.15) is 8.78 Å². The van der Waals surface area contributed by atoms with Crippen molar-refractivity contribution in [1.82, 2.24) is 4.90 Å². The van der Waals surface area contributed by atoms with Gasteiger partial charge in [0, 0.05) is 25.2 Å². The third kappa shape index (κ3) is 4.50. The summed E-state index contributed by atoms with van der Waals surface area (Å²) in [6.45, 7) is -2.27. The van der Waals surface area contributed by atoms with Crippen molar-refractivity contribution < 1.29 is 22.7 Å². The summed E-state index contributed by atoms with van der Waals surface area (Å²) in [6, 6.07) is 2.83. The lowest BCUT2D eigenvalue weighted by atomic mass is 10.0. The summed E-state index contributed by atoms with van der Waals surface area (Å²) in [5, 5.41) is 0. The van der Waals surface area contributed by atoms with Gasteiger partial charge in [0.05, 0.1) is 5.56 Å². The highest BCUT2D eigenvalue weighted by Gasteiger charge is 2.25. The van der Waals surface area contributed by atoms with Crippen LogP contribution >= 0.6 is 12.4 Å². The van der Waals surface area contributed by atoms with E-state index in [9.17, 15) is 18.0 Å². The fourth-order valence-electron chi connectivity index (χ4n) is 2.23. The van der Waals surface area contributed by atoms with Crippen LogP contribution < -0.4 is 10.5 Å². The molecule has 1 aromatic carbocycles. The lowest BCUT2D eigenvalue weighted by molar-refractivity contribution is -0.0504. The van der Waals surface area contributed by atoms with E-state index in [0.717, 1.165) is 31.0 Å². The average molecular weight is 325 g/mol. The molecular formula is C13H16ClF3N2O2. The molecule has 1 saturated heterocycles. The number of halogens is 4. The Morgan fingerprint density at radius 3 is 2.76 bits per heavy atom. The number of hydrogen-bond donors (Lipinski definition) is 1. The van der Waals surface area contributed by atoms with Gasteiger partial charge in [0.25, 0.3) is 5.91 Å². The van der Waals surface area contributed by atoms with Crippen molar-refractivity contribution in [2.75, 3.05) is 13.1 Å². The van der Waals surface area contributed by atoms with Crippen molar-refractivity contribution in [3.63, 3.8) is 0 Å². The smallest absolute Gasteiger partial charge is 0.387 e. The molecule has 1 aliphatic rings. The topological polar surface area (TPSA) is 55.6 Å². The Labute approximate surface area is 126 Å². The van der Waals surface area contributed by atoms with Gasteiger partial charge >= 0.3 is 6.61 Å². The highest BCUT2D eigenvalue weighted by atomic mass is 35.5. The summed E-state index contributed by atoms with van der Waals surface area (Å²) in [6.07, 6.45) is 1.56. The van der Waals surface area contributed by atoms with Crippen LogP contribution in [0, 0.1) is 5.82 Å². The number of likely N-dealkylation sites (tertiary alicyclic amines) is 1. The quantitative estimate of drug-likeness (QED) is 0.929. The number of piperidine rings is 1. The number of benzene rings is 1. The molecule has 1 fully saturated rings. The fraction of sp³-hybridized carbons (Fsp3) is 0.462. The maximum absolute atomic E-state index is 13.1. The van der Waals surface area contributed by atoms with E-state index in [1.54, 1.807) is 0 Å². The van der Waals surface area contributed by atoms with E-state index < -0.39 is 24.1 Å². The van der Waals surface area contributed by atoms with E-state index in [4.69, 9.17) is 5.73 Å². The van der Waals surface area contributed by atoms with Gasteiger partial charge in [0.2, 0.25) is 0 Å². The second-order valence-corrected chi connectivity index (χ2v) is 4.67. The Hall–Kier alpha value is -1.47.